The molecule has 8 heteroatoms. The Labute approximate surface area is 118 Å². The summed E-state index contributed by atoms with van der Waals surface area (Å²) in [6.07, 6.45) is 0. The zero-order valence-corrected chi connectivity index (χ0v) is 12.6. The van der Waals surface area contributed by atoms with Crippen LogP contribution in [0, 0.1) is 0 Å². The highest BCUT2D eigenvalue weighted by molar-refractivity contribution is 6.28. The van der Waals surface area contributed by atoms with Crippen LogP contribution in [0.1, 0.15) is 0 Å². The largest absolute Gasteiger partial charge is 0.383 e. The first-order chi connectivity index (χ1) is 9.02. The SMILES string of the molecule is COCCN(C)CCNc1nc(Cl)nc(N(C)C)n1. The number of nitrogens with zero attached hydrogens (tertiary/aromatic N) is 5. The fraction of sp³-hybridized carbons (Fsp3) is 0.727. The highest BCUT2D eigenvalue weighted by Gasteiger charge is 2.06. The predicted molar refractivity (Wildman–Crippen MR) is 77.0 cm³/mol. The van der Waals surface area contributed by atoms with E-state index in [0.29, 0.717) is 11.9 Å². The number of nitrogens with one attached hydrogen (secondary N) is 1. The number of anilines is 2. The summed E-state index contributed by atoms with van der Waals surface area (Å²) in [7, 11) is 7.44. The Kier molecular flexibility index (Phi) is 6.75. The highest BCUT2D eigenvalue weighted by Crippen LogP contribution is 2.10. The monoisotopic (exact) mass is 288 g/mol. The normalized spacial score (nSPS) is 10.8. The lowest BCUT2D eigenvalue weighted by molar-refractivity contribution is 0.163. The Hall–Kier alpha value is -1.18. The molecule has 1 aromatic heterocycles. The van der Waals surface area contributed by atoms with Crippen LogP contribution in [0.25, 0.3) is 0 Å². The Bertz CT molecular complexity index is 389. The molecule has 19 heavy (non-hydrogen) atoms. The maximum atomic E-state index is 5.85. The summed E-state index contributed by atoms with van der Waals surface area (Å²) in [5.74, 6) is 1.03. The van der Waals surface area contributed by atoms with Crippen LogP contribution >= 0.6 is 11.6 Å². The Balaban J connectivity index is 2.44. The van der Waals surface area contributed by atoms with Crippen molar-refractivity contribution in [2.75, 3.05) is 64.7 Å². The van der Waals surface area contributed by atoms with Crippen LogP contribution in [0.2, 0.25) is 5.28 Å². The molecule has 0 spiro atoms. The fourth-order valence-electron chi connectivity index (χ4n) is 1.34. The molecule has 0 aromatic carbocycles. The van der Waals surface area contributed by atoms with E-state index in [9.17, 15) is 0 Å². The van der Waals surface area contributed by atoms with Crippen molar-refractivity contribution in [3.63, 3.8) is 0 Å². The molecule has 0 unspecified atom stereocenters. The van der Waals surface area contributed by atoms with Crippen LogP contribution < -0.4 is 10.2 Å². The van der Waals surface area contributed by atoms with Crippen LogP contribution in [0.5, 0.6) is 0 Å². The van der Waals surface area contributed by atoms with Gasteiger partial charge in [-0.3, -0.25) is 0 Å². The number of methoxy groups -OCH3 is 1. The van der Waals surface area contributed by atoms with Gasteiger partial charge in [-0.05, 0) is 18.6 Å². The van der Waals surface area contributed by atoms with Crippen molar-refractivity contribution in [2.45, 2.75) is 0 Å². The van der Waals surface area contributed by atoms with Crippen molar-refractivity contribution in [3.8, 4) is 0 Å². The van der Waals surface area contributed by atoms with Gasteiger partial charge in [-0.1, -0.05) is 0 Å². The standard InChI is InChI=1S/C11H21ClN6O/c1-17(2)11-15-9(12)14-10(16-11)13-5-6-18(3)7-8-19-4/h5-8H2,1-4H3,(H,13,14,15,16). The van der Waals surface area contributed by atoms with Gasteiger partial charge in [-0.15, -0.1) is 0 Å². The first kappa shape index (κ1) is 15.9. The van der Waals surface area contributed by atoms with E-state index in [1.165, 1.54) is 0 Å². The number of ether oxygens (including phenoxy) is 1. The molecule has 1 rings (SSSR count). The summed E-state index contributed by atoms with van der Waals surface area (Å²) in [5, 5.41) is 3.32. The first-order valence-corrected chi connectivity index (χ1v) is 6.41. The molecule has 0 atom stereocenters. The van der Waals surface area contributed by atoms with Gasteiger partial charge < -0.3 is 19.9 Å². The third-order valence-electron chi connectivity index (χ3n) is 2.45. The van der Waals surface area contributed by atoms with Crippen LogP contribution in [-0.4, -0.2) is 74.3 Å². The fourth-order valence-corrected chi connectivity index (χ4v) is 1.49. The van der Waals surface area contributed by atoms with E-state index in [1.54, 1.807) is 12.0 Å². The van der Waals surface area contributed by atoms with Gasteiger partial charge in [0.25, 0.3) is 0 Å². The van der Waals surface area contributed by atoms with Crippen molar-refractivity contribution in [1.82, 2.24) is 19.9 Å². The smallest absolute Gasteiger partial charge is 0.230 e. The minimum atomic E-state index is 0.189. The van der Waals surface area contributed by atoms with Gasteiger partial charge in [0.2, 0.25) is 17.2 Å². The summed E-state index contributed by atoms with van der Waals surface area (Å²) < 4.78 is 5.02. The average molecular weight is 289 g/mol. The molecule has 0 fully saturated rings. The van der Waals surface area contributed by atoms with Gasteiger partial charge >= 0.3 is 0 Å². The van der Waals surface area contributed by atoms with Crippen molar-refractivity contribution in [1.29, 1.82) is 0 Å². The first-order valence-electron chi connectivity index (χ1n) is 6.03. The number of aromatic nitrogens is 3. The summed E-state index contributed by atoms with van der Waals surface area (Å²) >= 11 is 5.85. The van der Waals surface area contributed by atoms with E-state index in [4.69, 9.17) is 16.3 Å². The molecule has 7 nitrogen and oxygen atoms in total. The van der Waals surface area contributed by atoms with E-state index < -0.39 is 0 Å². The van der Waals surface area contributed by atoms with Gasteiger partial charge in [-0.25, -0.2) is 0 Å². The summed E-state index contributed by atoms with van der Waals surface area (Å²) in [6, 6.07) is 0. The molecule has 0 saturated heterocycles. The average Bonchev–Trinajstić information content (AvgIpc) is 2.35. The summed E-state index contributed by atoms with van der Waals surface area (Å²) in [5.41, 5.74) is 0. The maximum absolute atomic E-state index is 5.85. The topological polar surface area (TPSA) is 66.4 Å². The van der Waals surface area contributed by atoms with Crippen molar-refractivity contribution in [2.24, 2.45) is 0 Å². The lowest BCUT2D eigenvalue weighted by Crippen LogP contribution is -2.28. The van der Waals surface area contributed by atoms with Crippen LogP contribution in [0.4, 0.5) is 11.9 Å². The molecule has 0 aliphatic carbocycles. The van der Waals surface area contributed by atoms with Gasteiger partial charge in [-0.2, -0.15) is 15.0 Å². The summed E-state index contributed by atoms with van der Waals surface area (Å²) in [4.78, 5) is 16.3. The van der Waals surface area contributed by atoms with Crippen LogP contribution in [-0.2, 0) is 4.74 Å². The van der Waals surface area contributed by atoms with E-state index in [0.717, 1.165) is 26.2 Å². The minimum absolute atomic E-state index is 0.189. The number of halogens is 1. The quantitative estimate of drug-likeness (QED) is 0.750. The molecular formula is C11H21ClN6O. The lowest BCUT2D eigenvalue weighted by Gasteiger charge is -2.16. The van der Waals surface area contributed by atoms with Crippen LogP contribution in [0.3, 0.4) is 0 Å². The Morgan fingerprint density at radius 2 is 1.89 bits per heavy atom. The lowest BCUT2D eigenvalue weighted by atomic mass is 10.5. The zero-order chi connectivity index (χ0) is 14.3. The second-order valence-electron chi connectivity index (χ2n) is 4.35. The highest BCUT2D eigenvalue weighted by atomic mass is 35.5. The number of hydrogen-bond donors (Lipinski definition) is 1. The molecule has 108 valence electrons. The number of likely N-dealkylation sites (N-methyl/N-ethyl adjacent to an activating group) is 1. The van der Waals surface area contributed by atoms with Crippen molar-refractivity contribution >= 4 is 23.5 Å². The predicted octanol–water partition coefficient (Wildman–Crippen LogP) is 0.581. The van der Waals surface area contributed by atoms with Gasteiger partial charge in [0.05, 0.1) is 6.61 Å². The molecule has 0 saturated carbocycles. The van der Waals surface area contributed by atoms with Crippen molar-refractivity contribution in [3.05, 3.63) is 5.28 Å². The summed E-state index contributed by atoms with van der Waals surface area (Å²) in [6.45, 7) is 3.20. The molecule has 0 radical (unpaired) electrons. The van der Waals surface area contributed by atoms with Gasteiger partial charge in [0, 0.05) is 40.8 Å². The minimum Gasteiger partial charge on any atom is -0.383 e. The third kappa shape index (κ3) is 6.00. The van der Waals surface area contributed by atoms with E-state index >= 15 is 0 Å². The third-order valence-corrected chi connectivity index (χ3v) is 2.62. The molecular weight excluding hydrogens is 268 g/mol. The van der Waals surface area contributed by atoms with E-state index in [2.05, 4.69) is 25.2 Å². The molecule has 0 amide bonds. The zero-order valence-electron chi connectivity index (χ0n) is 11.9. The second kappa shape index (κ2) is 8.08. The van der Waals surface area contributed by atoms with Crippen molar-refractivity contribution < 1.29 is 4.74 Å². The number of hydrogen-bond acceptors (Lipinski definition) is 7. The van der Waals surface area contributed by atoms with E-state index in [-0.39, 0.29) is 5.28 Å². The molecule has 1 heterocycles. The molecule has 0 aliphatic rings. The van der Waals surface area contributed by atoms with Gasteiger partial charge in [0.15, 0.2) is 0 Å². The van der Waals surface area contributed by atoms with Gasteiger partial charge in [0.1, 0.15) is 0 Å². The Morgan fingerprint density at radius 3 is 2.53 bits per heavy atom. The van der Waals surface area contributed by atoms with Crippen LogP contribution in [0.15, 0.2) is 0 Å². The molecule has 1 aromatic rings. The maximum Gasteiger partial charge on any atom is 0.230 e. The second-order valence-corrected chi connectivity index (χ2v) is 4.68. The molecule has 1 N–H and O–H groups in total. The van der Waals surface area contributed by atoms with E-state index in [1.807, 2.05) is 21.1 Å². The molecule has 0 bridgehead atoms. The molecule has 0 aliphatic heterocycles. The Morgan fingerprint density at radius 1 is 1.16 bits per heavy atom. The number of rotatable bonds is 8.